The summed E-state index contributed by atoms with van der Waals surface area (Å²) in [5, 5.41) is 7.24. The maximum atomic E-state index is 5.45. The van der Waals surface area contributed by atoms with E-state index in [1.54, 1.807) is 0 Å². The molecular formula is C10H18N4O. The summed E-state index contributed by atoms with van der Waals surface area (Å²) in [6, 6.07) is 0. The van der Waals surface area contributed by atoms with Crippen LogP contribution in [0.5, 0.6) is 0 Å². The van der Waals surface area contributed by atoms with Gasteiger partial charge in [0.2, 0.25) is 0 Å². The van der Waals surface area contributed by atoms with Gasteiger partial charge in [0.25, 0.3) is 0 Å². The van der Waals surface area contributed by atoms with Crippen LogP contribution in [0.2, 0.25) is 0 Å². The lowest BCUT2D eigenvalue weighted by molar-refractivity contribution is 0.179. The fourth-order valence-electron chi connectivity index (χ4n) is 1.79. The van der Waals surface area contributed by atoms with E-state index in [4.69, 9.17) is 10.5 Å². The van der Waals surface area contributed by atoms with Crippen molar-refractivity contribution in [1.82, 2.24) is 15.2 Å². The summed E-state index contributed by atoms with van der Waals surface area (Å²) in [6.45, 7) is 4.37. The highest BCUT2D eigenvalue weighted by Gasteiger charge is 2.35. The minimum Gasteiger partial charge on any atom is -0.380 e. The lowest BCUT2D eigenvalue weighted by atomic mass is 9.89. The van der Waals surface area contributed by atoms with Crippen molar-refractivity contribution in [2.75, 3.05) is 19.8 Å². The predicted molar refractivity (Wildman–Crippen MR) is 56.5 cm³/mol. The molecule has 84 valence electrons. The zero-order chi connectivity index (χ0) is 10.7. The topological polar surface area (TPSA) is 76.8 Å². The maximum Gasteiger partial charge on any atom is 0.158 e. The summed E-state index contributed by atoms with van der Waals surface area (Å²) in [4.78, 5) is 4.50. The molecule has 0 amide bonds. The van der Waals surface area contributed by atoms with Crippen molar-refractivity contribution >= 4 is 0 Å². The number of nitrogens with zero attached hydrogens (tertiary/aromatic N) is 2. The van der Waals surface area contributed by atoms with Gasteiger partial charge in [0.05, 0.1) is 12.0 Å². The normalized spacial score (nSPS) is 26.0. The van der Waals surface area contributed by atoms with Gasteiger partial charge in [0, 0.05) is 13.0 Å². The molecule has 5 heteroatoms. The first kappa shape index (κ1) is 10.6. The van der Waals surface area contributed by atoms with E-state index in [1.165, 1.54) is 0 Å². The second-order valence-electron chi connectivity index (χ2n) is 4.36. The van der Waals surface area contributed by atoms with Gasteiger partial charge in [-0.1, -0.05) is 6.92 Å². The SMILES string of the molecule is CC1(c2n[nH]c(CCCN)n2)CCOC1. The maximum absolute atomic E-state index is 5.45. The van der Waals surface area contributed by atoms with Gasteiger partial charge < -0.3 is 10.5 Å². The third-order valence-electron chi connectivity index (χ3n) is 2.91. The molecule has 0 aromatic carbocycles. The molecule has 5 nitrogen and oxygen atoms in total. The molecule has 1 atom stereocenters. The number of ether oxygens (including phenoxy) is 1. The molecule has 1 aromatic heterocycles. The van der Waals surface area contributed by atoms with E-state index in [0.717, 1.165) is 44.1 Å². The Kier molecular flexibility index (Phi) is 3.02. The average Bonchev–Trinajstić information content (AvgIpc) is 2.84. The van der Waals surface area contributed by atoms with Crippen molar-refractivity contribution in [3.63, 3.8) is 0 Å². The van der Waals surface area contributed by atoms with Gasteiger partial charge in [0.15, 0.2) is 5.82 Å². The van der Waals surface area contributed by atoms with E-state index in [2.05, 4.69) is 22.1 Å². The summed E-state index contributed by atoms with van der Waals surface area (Å²) in [7, 11) is 0. The zero-order valence-electron chi connectivity index (χ0n) is 9.12. The van der Waals surface area contributed by atoms with Crippen molar-refractivity contribution in [3.05, 3.63) is 11.6 Å². The fourth-order valence-corrected chi connectivity index (χ4v) is 1.79. The number of rotatable bonds is 4. The van der Waals surface area contributed by atoms with Gasteiger partial charge in [-0.25, -0.2) is 4.98 Å². The first-order valence-corrected chi connectivity index (χ1v) is 5.44. The second-order valence-corrected chi connectivity index (χ2v) is 4.36. The lowest BCUT2D eigenvalue weighted by Crippen LogP contribution is -2.23. The molecule has 1 fully saturated rings. The molecular weight excluding hydrogens is 192 g/mol. The van der Waals surface area contributed by atoms with Gasteiger partial charge in [-0.3, -0.25) is 5.10 Å². The molecule has 2 rings (SSSR count). The van der Waals surface area contributed by atoms with Crippen molar-refractivity contribution in [1.29, 1.82) is 0 Å². The third-order valence-corrected chi connectivity index (χ3v) is 2.91. The predicted octanol–water partition coefficient (Wildman–Crippen LogP) is 0.374. The molecule has 1 aliphatic heterocycles. The van der Waals surface area contributed by atoms with E-state index in [-0.39, 0.29) is 5.41 Å². The van der Waals surface area contributed by atoms with Crippen molar-refractivity contribution in [2.24, 2.45) is 5.73 Å². The molecule has 15 heavy (non-hydrogen) atoms. The summed E-state index contributed by atoms with van der Waals surface area (Å²) in [6.07, 6.45) is 2.82. The number of nitrogens with two attached hydrogens (primary N) is 1. The van der Waals surface area contributed by atoms with E-state index in [0.29, 0.717) is 6.54 Å². The number of aryl methyl sites for hydroxylation is 1. The number of aromatic nitrogens is 3. The first-order chi connectivity index (χ1) is 7.24. The van der Waals surface area contributed by atoms with Crippen molar-refractivity contribution < 1.29 is 4.74 Å². The smallest absolute Gasteiger partial charge is 0.158 e. The fraction of sp³-hybridized carbons (Fsp3) is 0.800. The number of hydrogen-bond acceptors (Lipinski definition) is 4. The highest BCUT2D eigenvalue weighted by atomic mass is 16.5. The molecule has 1 aromatic rings. The molecule has 2 heterocycles. The van der Waals surface area contributed by atoms with Crippen molar-refractivity contribution in [3.8, 4) is 0 Å². The lowest BCUT2D eigenvalue weighted by Gasteiger charge is -2.16. The van der Waals surface area contributed by atoms with Crippen LogP contribution in [0.1, 0.15) is 31.4 Å². The summed E-state index contributed by atoms with van der Waals surface area (Å²) in [5.74, 6) is 1.82. The number of H-pyrrole nitrogens is 1. The van der Waals surface area contributed by atoms with Crippen LogP contribution in [0.3, 0.4) is 0 Å². The molecule has 3 N–H and O–H groups in total. The molecule has 0 spiro atoms. The Hall–Kier alpha value is -0.940. The standard InChI is InChI=1S/C10H18N4O/c1-10(4-6-15-7-10)9-12-8(13-14-9)3-2-5-11/h2-7,11H2,1H3,(H,12,13,14). The largest absolute Gasteiger partial charge is 0.380 e. The van der Waals surface area contributed by atoms with Gasteiger partial charge in [0.1, 0.15) is 5.82 Å². The molecule has 1 saturated heterocycles. The van der Waals surface area contributed by atoms with Crippen LogP contribution in [0.4, 0.5) is 0 Å². The van der Waals surface area contributed by atoms with Gasteiger partial charge in [-0.05, 0) is 19.4 Å². The molecule has 0 saturated carbocycles. The number of nitrogens with one attached hydrogen (secondary N) is 1. The monoisotopic (exact) mass is 210 g/mol. The van der Waals surface area contributed by atoms with Crippen LogP contribution in [-0.2, 0) is 16.6 Å². The molecule has 1 aliphatic rings. The van der Waals surface area contributed by atoms with Crippen LogP contribution < -0.4 is 5.73 Å². The Bertz CT molecular complexity index is 317. The Balaban J connectivity index is 2.05. The second kappa shape index (κ2) is 4.28. The molecule has 1 unspecified atom stereocenters. The van der Waals surface area contributed by atoms with Crippen LogP contribution in [0.25, 0.3) is 0 Å². The molecule has 0 bridgehead atoms. The van der Waals surface area contributed by atoms with Crippen LogP contribution in [-0.4, -0.2) is 34.9 Å². The first-order valence-electron chi connectivity index (χ1n) is 5.44. The van der Waals surface area contributed by atoms with Gasteiger partial charge in [-0.15, -0.1) is 0 Å². The Morgan fingerprint density at radius 1 is 1.60 bits per heavy atom. The van der Waals surface area contributed by atoms with E-state index in [9.17, 15) is 0 Å². The summed E-state index contributed by atoms with van der Waals surface area (Å²) >= 11 is 0. The minimum absolute atomic E-state index is 0.00252. The van der Waals surface area contributed by atoms with Crippen LogP contribution >= 0.6 is 0 Å². The quantitative estimate of drug-likeness (QED) is 0.753. The van der Waals surface area contributed by atoms with E-state index >= 15 is 0 Å². The van der Waals surface area contributed by atoms with Crippen LogP contribution in [0.15, 0.2) is 0 Å². The summed E-state index contributed by atoms with van der Waals surface area (Å²) in [5.41, 5.74) is 5.45. The zero-order valence-corrected chi connectivity index (χ0v) is 9.12. The van der Waals surface area contributed by atoms with Gasteiger partial charge in [-0.2, -0.15) is 5.10 Å². The molecule has 0 radical (unpaired) electrons. The third kappa shape index (κ3) is 2.18. The highest BCUT2D eigenvalue weighted by molar-refractivity contribution is 5.08. The Morgan fingerprint density at radius 3 is 3.13 bits per heavy atom. The Labute approximate surface area is 89.4 Å². The number of hydrogen-bond donors (Lipinski definition) is 2. The Morgan fingerprint density at radius 2 is 2.47 bits per heavy atom. The van der Waals surface area contributed by atoms with Crippen molar-refractivity contribution in [2.45, 2.75) is 31.6 Å². The summed E-state index contributed by atoms with van der Waals surface area (Å²) < 4.78 is 5.39. The van der Waals surface area contributed by atoms with E-state index in [1.807, 2.05) is 0 Å². The molecule has 0 aliphatic carbocycles. The highest BCUT2D eigenvalue weighted by Crippen LogP contribution is 2.29. The average molecular weight is 210 g/mol. The van der Waals surface area contributed by atoms with E-state index < -0.39 is 0 Å². The van der Waals surface area contributed by atoms with Crippen LogP contribution in [0, 0.1) is 0 Å². The number of aromatic amines is 1. The minimum atomic E-state index is -0.00252. The van der Waals surface area contributed by atoms with Gasteiger partial charge >= 0.3 is 0 Å².